The molecule has 1 N–H and O–H groups in total. The molecule has 0 atom stereocenters. The van der Waals surface area contributed by atoms with E-state index in [0.29, 0.717) is 30.5 Å². The van der Waals surface area contributed by atoms with E-state index in [1.54, 1.807) is 30.6 Å². The molecule has 0 unspecified atom stereocenters. The van der Waals surface area contributed by atoms with E-state index in [-0.39, 0.29) is 17.6 Å². The van der Waals surface area contributed by atoms with Crippen molar-refractivity contribution in [1.29, 1.82) is 0 Å². The summed E-state index contributed by atoms with van der Waals surface area (Å²) in [6.07, 6.45) is 3.54. The number of rotatable bonds is 5. The Bertz CT molecular complexity index is 1270. The standard InChI is InChI=1S/C22H21FN6O2/c1-13(2)29-12-24-27-21(29)18-4-3-5-20(25-18)26-22(30)16-9-19-14(8-17(16)23)6-7-28(19)15-10-31-11-15/h3-9,12-13,15H,10-11H2,1-2H3,(H,25,26,30). The SMILES string of the molecule is CC(C)n1cnnc1-c1cccc(NC(=O)c2cc3c(ccn3C3COC3)cc2F)n1. The second-order valence-electron chi connectivity index (χ2n) is 7.82. The molecule has 158 valence electrons. The molecule has 4 heterocycles. The Hall–Kier alpha value is -3.59. The van der Waals surface area contributed by atoms with Gasteiger partial charge in [-0.3, -0.25) is 4.79 Å². The van der Waals surface area contributed by atoms with Crippen LogP contribution in [0.4, 0.5) is 10.2 Å². The van der Waals surface area contributed by atoms with Gasteiger partial charge < -0.3 is 19.2 Å². The van der Waals surface area contributed by atoms with Gasteiger partial charge in [-0.1, -0.05) is 6.07 Å². The van der Waals surface area contributed by atoms with Gasteiger partial charge >= 0.3 is 0 Å². The van der Waals surface area contributed by atoms with Gasteiger partial charge in [-0.2, -0.15) is 0 Å². The van der Waals surface area contributed by atoms with Crippen LogP contribution in [-0.4, -0.2) is 43.4 Å². The average molecular weight is 420 g/mol. The zero-order valence-corrected chi connectivity index (χ0v) is 17.1. The molecule has 1 aliphatic rings. The third-order valence-corrected chi connectivity index (χ3v) is 5.42. The summed E-state index contributed by atoms with van der Waals surface area (Å²) in [5.74, 6) is -0.238. The Morgan fingerprint density at radius 2 is 2.10 bits per heavy atom. The van der Waals surface area contributed by atoms with Crippen LogP contribution >= 0.6 is 0 Å². The van der Waals surface area contributed by atoms with Gasteiger partial charge in [0, 0.05) is 23.1 Å². The van der Waals surface area contributed by atoms with Crippen molar-refractivity contribution in [2.24, 2.45) is 0 Å². The van der Waals surface area contributed by atoms with Gasteiger partial charge in [0.15, 0.2) is 5.82 Å². The summed E-state index contributed by atoms with van der Waals surface area (Å²) in [4.78, 5) is 17.4. The van der Waals surface area contributed by atoms with E-state index < -0.39 is 11.7 Å². The minimum Gasteiger partial charge on any atom is -0.377 e. The molecule has 1 aromatic carbocycles. The third kappa shape index (κ3) is 3.46. The maximum absolute atomic E-state index is 14.7. The Labute approximate surface area is 177 Å². The van der Waals surface area contributed by atoms with Crippen LogP contribution in [0.2, 0.25) is 0 Å². The molecule has 1 saturated heterocycles. The average Bonchev–Trinajstić information content (AvgIpc) is 3.34. The number of carbonyl (C=O) groups is 1. The first-order chi connectivity index (χ1) is 15.0. The molecule has 31 heavy (non-hydrogen) atoms. The topological polar surface area (TPSA) is 86.9 Å². The van der Waals surface area contributed by atoms with Gasteiger partial charge in [0.05, 0.1) is 24.8 Å². The van der Waals surface area contributed by atoms with Crippen molar-refractivity contribution in [3.8, 4) is 11.5 Å². The molecule has 1 amide bonds. The van der Waals surface area contributed by atoms with Crippen LogP contribution < -0.4 is 5.32 Å². The number of hydrogen-bond donors (Lipinski definition) is 1. The van der Waals surface area contributed by atoms with Crippen molar-refractivity contribution in [3.63, 3.8) is 0 Å². The number of anilines is 1. The van der Waals surface area contributed by atoms with Crippen molar-refractivity contribution in [1.82, 2.24) is 24.3 Å². The molecule has 5 rings (SSSR count). The lowest BCUT2D eigenvalue weighted by atomic mass is 10.1. The number of fused-ring (bicyclic) bond motifs is 1. The number of nitrogens with one attached hydrogen (secondary N) is 1. The van der Waals surface area contributed by atoms with Crippen molar-refractivity contribution < 1.29 is 13.9 Å². The summed E-state index contributed by atoms with van der Waals surface area (Å²) < 4.78 is 23.9. The first-order valence-electron chi connectivity index (χ1n) is 10.1. The van der Waals surface area contributed by atoms with Crippen LogP contribution in [0.25, 0.3) is 22.4 Å². The number of aromatic nitrogens is 5. The molecule has 3 aromatic heterocycles. The second kappa shape index (κ2) is 7.59. The molecular formula is C22H21FN6O2. The molecule has 0 radical (unpaired) electrons. The highest BCUT2D eigenvalue weighted by Crippen LogP contribution is 2.27. The zero-order chi connectivity index (χ0) is 21.5. The fourth-order valence-corrected chi connectivity index (χ4v) is 3.67. The van der Waals surface area contributed by atoms with Gasteiger partial charge in [-0.05, 0) is 44.2 Å². The van der Waals surface area contributed by atoms with E-state index in [4.69, 9.17) is 4.74 Å². The molecule has 9 heteroatoms. The van der Waals surface area contributed by atoms with Crippen LogP contribution in [-0.2, 0) is 4.74 Å². The number of nitrogens with zero attached hydrogens (tertiary/aromatic N) is 5. The van der Waals surface area contributed by atoms with E-state index in [1.807, 2.05) is 35.2 Å². The molecule has 0 saturated carbocycles. The number of hydrogen-bond acceptors (Lipinski definition) is 5. The van der Waals surface area contributed by atoms with Crippen molar-refractivity contribution in [2.45, 2.75) is 25.9 Å². The van der Waals surface area contributed by atoms with E-state index >= 15 is 0 Å². The quantitative estimate of drug-likeness (QED) is 0.530. The predicted molar refractivity (Wildman–Crippen MR) is 113 cm³/mol. The maximum Gasteiger partial charge on any atom is 0.259 e. The van der Waals surface area contributed by atoms with Gasteiger partial charge in [0.25, 0.3) is 5.91 Å². The van der Waals surface area contributed by atoms with Gasteiger partial charge in [-0.25, -0.2) is 9.37 Å². The van der Waals surface area contributed by atoms with Crippen LogP contribution in [0.15, 0.2) is 48.9 Å². The van der Waals surface area contributed by atoms with Crippen molar-refractivity contribution >= 4 is 22.6 Å². The number of amides is 1. The lowest BCUT2D eigenvalue weighted by Gasteiger charge is -2.28. The summed E-state index contributed by atoms with van der Waals surface area (Å²) >= 11 is 0. The minimum atomic E-state index is -0.580. The second-order valence-corrected chi connectivity index (χ2v) is 7.82. The monoisotopic (exact) mass is 420 g/mol. The largest absolute Gasteiger partial charge is 0.377 e. The Morgan fingerprint density at radius 3 is 2.84 bits per heavy atom. The fraction of sp³-hybridized carbons (Fsp3) is 0.273. The van der Waals surface area contributed by atoms with E-state index in [0.717, 1.165) is 10.9 Å². The molecular weight excluding hydrogens is 399 g/mol. The summed E-state index contributed by atoms with van der Waals surface area (Å²) in [6, 6.07) is 10.4. The Balaban J connectivity index is 1.44. The number of pyridine rings is 1. The molecule has 0 spiro atoms. The van der Waals surface area contributed by atoms with Crippen molar-refractivity contribution in [2.75, 3.05) is 18.5 Å². The number of benzene rings is 1. The zero-order valence-electron chi connectivity index (χ0n) is 17.1. The lowest BCUT2D eigenvalue weighted by Crippen LogP contribution is -2.30. The highest BCUT2D eigenvalue weighted by molar-refractivity contribution is 6.06. The number of carbonyl (C=O) groups excluding carboxylic acids is 1. The highest BCUT2D eigenvalue weighted by Gasteiger charge is 2.23. The van der Waals surface area contributed by atoms with Crippen LogP contribution in [0.5, 0.6) is 0 Å². The Kier molecular flexibility index (Phi) is 4.74. The normalized spacial score (nSPS) is 14.2. The summed E-state index contributed by atoms with van der Waals surface area (Å²) in [5, 5.41) is 11.5. The molecule has 1 aliphatic heterocycles. The maximum atomic E-state index is 14.7. The lowest BCUT2D eigenvalue weighted by molar-refractivity contribution is -0.0213. The fourth-order valence-electron chi connectivity index (χ4n) is 3.67. The molecule has 0 bridgehead atoms. The van der Waals surface area contributed by atoms with E-state index in [2.05, 4.69) is 20.5 Å². The van der Waals surface area contributed by atoms with Gasteiger partial charge in [0.2, 0.25) is 0 Å². The summed E-state index contributed by atoms with van der Waals surface area (Å²) in [6.45, 7) is 5.26. The van der Waals surface area contributed by atoms with Crippen molar-refractivity contribution in [3.05, 3.63) is 60.3 Å². The summed E-state index contributed by atoms with van der Waals surface area (Å²) in [7, 11) is 0. The molecule has 0 aliphatic carbocycles. The Morgan fingerprint density at radius 1 is 1.26 bits per heavy atom. The van der Waals surface area contributed by atoms with E-state index in [1.165, 1.54) is 6.07 Å². The van der Waals surface area contributed by atoms with Crippen LogP contribution in [0.1, 0.15) is 36.3 Å². The third-order valence-electron chi connectivity index (χ3n) is 5.42. The van der Waals surface area contributed by atoms with Gasteiger partial charge in [0.1, 0.15) is 23.7 Å². The predicted octanol–water partition coefficient (Wildman–Crippen LogP) is 3.84. The highest BCUT2D eigenvalue weighted by atomic mass is 19.1. The molecule has 1 fully saturated rings. The van der Waals surface area contributed by atoms with Crippen LogP contribution in [0, 0.1) is 5.82 Å². The first kappa shape index (κ1) is 19.4. The van der Waals surface area contributed by atoms with Gasteiger partial charge in [-0.15, -0.1) is 10.2 Å². The number of halogens is 1. The van der Waals surface area contributed by atoms with Crippen LogP contribution in [0.3, 0.4) is 0 Å². The first-order valence-corrected chi connectivity index (χ1v) is 10.1. The summed E-state index contributed by atoms with van der Waals surface area (Å²) in [5.41, 5.74) is 1.33. The number of ether oxygens (including phenoxy) is 1. The molecule has 8 nitrogen and oxygen atoms in total. The smallest absolute Gasteiger partial charge is 0.259 e. The van der Waals surface area contributed by atoms with E-state index in [9.17, 15) is 9.18 Å². The minimum absolute atomic E-state index is 0.0368. The molecule has 4 aromatic rings.